The molecule has 0 bridgehead atoms. The van der Waals surface area contributed by atoms with E-state index in [4.69, 9.17) is 11.6 Å². The molecule has 1 aliphatic rings. The Morgan fingerprint density at radius 1 is 1.43 bits per heavy atom. The number of aliphatic hydroxyl groups is 1. The van der Waals surface area contributed by atoms with Crippen molar-refractivity contribution in [3.63, 3.8) is 0 Å². The molecule has 9 heteroatoms. The zero-order chi connectivity index (χ0) is 17.5. The number of nitrogens with zero attached hydrogens (tertiary/aromatic N) is 4. The first-order valence-corrected chi connectivity index (χ1v) is 7.61. The lowest BCUT2D eigenvalue weighted by Gasteiger charge is -2.32. The Bertz CT molecular complexity index is 661. The van der Waals surface area contributed by atoms with E-state index in [0.717, 1.165) is 0 Å². The van der Waals surface area contributed by atoms with Crippen molar-refractivity contribution in [1.82, 2.24) is 14.8 Å². The van der Waals surface area contributed by atoms with E-state index in [2.05, 4.69) is 10.2 Å². The Morgan fingerprint density at radius 3 is 2.48 bits per heavy atom. The minimum Gasteiger partial charge on any atom is -0.364 e. The van der Waals surface area contributed by atoms with E-state index < -0.39 is 24.1 Å². The van der Waals surface area contributed by atoms with Crippen molar-refractivity contribution >= 4 is 23.2 Å². The summed E-state index contributed by atoms with van der Waals surface area (Å²) in [6.45, 7) is 6.59. The normalized spacial score (nSPS) is 22.7. The fourth-order valence-electron chi connectivity index (χ4n) is 2.69. The van der Waals surface area contributed by atoms with Crippen molar-refractivity contribution in [2.45, 2.75) is 58.7 Å². The van der Waals surface area contributed by atoms with E-state index in [1.165, 1.54) is 11.6 Å². The van der Waals surface area contributed by atoms with Crippen LogP contribution in [0.15, 0.2) is 5.10 Å². The lowest BCUT2D eigenvalue weighted by molar-refractivity contribution is -0.194. The predicted molar refractivity (Wildman–Crippen MR) is 81.6 cm³/mol. The SMILES string of the molecule is CC[C@@H](C(=O)N1N=C(C)C[C@@]1(O)C(F)F)n1nc(C)c(Cl)c1C. The molecule has 0 saturated carbocycles. The first-order chi connectivity index (χ1) is 10.6. The highest BCUT2D eigenvalue weighted by atomic mass is 35.5. The summed E-state index contributed by atoms with van der Waals surface area (Å²) in [5.41, 5.74) is -1.25. The highest BCUT2D eigenvalue weighted by Gasteiger charge is 2.52. The number of alkyl halides is 2. The van der Waals surface area contributed by atoms with Gasteiger partial charge < -0.3 is 5.11 Å². The maximum absolute atomic E-state index is 13.3. The van der Waals surface area contributed by atoms with E-state index in [0.29, 0.717) is 27.8 Å². The van der Waals surface area contributed by atoms with Gasteiger partial charge in [-0.3, -0.25) is 9.48 Å². The maximum Gasteiger partial charge on any atom is 0.287 e. The Labute approximate surface area is 137 Å². The monoisotopic (exact) mass is 348 g/mol. The smallest absolute Gasteiger partial charge is 0.287 e. The maximum atomic E-state index is 13.3. The van der Waals surface area contributed by atoms with E-state index in [-0.39, 0.29) is 12.1 Å². The number of rotatable bonds is 4. The van der Waals surface area contributed by atoms with Crippen LogP contribution in [0, 0.1) is 13.8 Å². The molecule has 2 rings (SSSR count). The Kier molecular flexibility index (Phi) is 4.77. The lowest BCUT2D eigenvalue weighted by atomic mass is 10.1. The molecule has 1 aromatic heterocycles. The molecular weight excluding hydrogens is 330 g/mol. The number of carbonyl (C=O) groups excluding carboxylic acids is 1. The van der Waals surface area contributed by atoms with Gasteiger partial charge in [0.15, 0.2) is 0 Å². The van der Waals surface area contributed by atoms with Crippen LogP contribution in [0.25, 0.3) is 0 Å². The fraction of sp³-hybridized carbons (Fsp3) is 0.643. The van der Waals surface area contributed by atoms with Gasteiger partial charge in [0.1, 0.15) is 6.04 Å². The van der Waals surface area contributed by atoms with Gasteiger partial charge in [0.05, 0.1) is 16.4 Å². The highest BCUT2D eigenvalue weighted by Crippen LogP contribution is 2.34. The summed E-state index contributed by atoms with van der Waals surface area (Å²) in [5, 5.41) is 19.1. The third-order valence-corrected chi connectivity index (χ3v) is 4.46. The topological polar surface area (TPSA) is 70.7 Å². The average Bonchev–Trinajstić information content (AvgIpc) is 2.92. The van der Waals surface area contributed by atoms with Crippen molar-refractivity contribution in [1.29, 1.82) is 0 Å². The molecule has 0 saturated heterocycles. The zero-order valence-corrected chi connectivity index (χ0v) is 14.1. The van der Waals surface area contributed by atoms with Crippen molar-refractivity contribution in [3.05, 3.63) is 16.4 Å². The molecule has 0 spiro atoms. The molecule has 0 aliphatic carbocycles. The molecule has 1 amide bonds. The summed E-state index contributed by atoms with van der Waals surface area (Å²) >= 11 is 6.09. The van der Waals surface area contributed by atoms with Crippen LogP contribution in [-0.2, 0) is 4.79 Å². The van der Waals surface area contributed by atoms with Crippen molar-refractivity contribution in [3.8, 4) is 0 Å². The van der Waals surface area contributed by atoms with Crippen LogP contribution in [0.3, 0.4) is 0 Å². The number of hydrogen-bond donors (Lipinski definition) is 1. The summed E-state index contributed by atoms with van der Waals surface area (Å²) < 4.78 is 27.9. The van der Waals surface area contributed by atoms with E-state index in [1.807, 2.05) is 0 Å². The molecule has 2 heterocycles. The number of amides is 1. The lowest BCUT2D eigenvalue weighted by Crippen LogP contribution is -2.53. The van der Waals surface area contributed by atoms with Gasteiger partial charge in [-0.1, -0.05) is 18.5 Å². The molecule has 1 aromatic rings. The molecule has 1 aliphatic heterocycles. The number of aromatic nitrogens is 2. The van der Waals surface area contributed by atoms with Gasteiger partial charge in [-0.2, -0.15) is 15.2 Å². The largest absolute Gasteiger partial charge is 0.364 e. The second-order valence-corrected chi connectivity index (χ2v) is 6.07. The Hall–Kier alpha value is -1.54. The third kappa shape index (κ3) is 2.85. The number of halogens is 3. The molecule has 128 valence electrons. The second-order valence-electron chi connectivity index (χ2n) is 5.69. The molecule has 23 heavy (non-hydrogen) atoms. The van der Waals surface area contributed by atoms with Crippen LogP contribution in [0.1, 0.15) is 44.1 Å². The molecule has 6 nitrogen and oxygen atoms in total. The summed E-state index contributed by atoms with van der Waals surface area (Å²) in [7, 11) is 0. The Morgan fingerprint density at radius 2 is 2.04 bits per heavy atom. The zero-order valence-electron chi connectivity index (χ0n) is 13.3. The van der Waals surface area contributed by atoms with Crippen LogP contribution in [0.4, 0.5) is 8.78 Å². The Balaban J connectivity index is 2.42. The standard InChI is InChI=1S/C14H19ClF2N4O2/c1-5-10(20-9(4)11(15)8(3)19-20)12(22)21-14(23,13(16)17)6-7(2)18-21/h10,13,23H,5-6H2,1-4H3/t10-,14+/m0/s1. The molecule has 1 N–H and O–H groups in total. The minimum absolute atomic E-state index is 0.266. The van der Waals surface area contributed by atoms with Gasteiger partial charge in [0.25, 0.3) is 12.3 Å². The van der Waals surface area contributed by atoms with Crippen molar-refractivity contribution in [2.24, 2.45) is 5.10 Å². The minimum atomic E-state index is -3.13. The van der Waals surface area contributed by atoms with Crippen molar-refractivity contribution < 1.29 is 18.7 Å². The number of hydrogen-bond acceptors (Lipinski definition) is 4. The number of aryl methyl sites for hydroxylation is 1. The van der Waals surface area contributed by atoms with Crippen LogP contribution in [-0.4, -0.2) is 43.7 Å². The molecule has 0 fully saturated rings. The first-order valence-electron chi connectivity index (χ1n) is 7.23. The first kappa shape index (κ1) is 17.8. The van der Waals surface area contributed by atoms with Crippen LogP contribution in [0.2, 0.25) is 5.02 Å². The van der Waals surface area contributed by atoms with Gasteiger partial charge >= 0.3 is 0 Å². The van der Waals surface area contributed by atoms with Crippen LogP contribution in [0.5, 0.6) is 0 Å². The third-order valence-electron chi connectivity index (χ3n) is 3.92. The quantitative estimate of drug-likeness (QED) is 0.909. The molecule has 2 atom stereocenters. The molecular formula is C14H19ClF2N4O2. The van der Waals surface area contributed by atoms with E-state index >= 15 is 0 Å². The van der Waals surface area contributed by atoms with Gasteiger partial charge in [0.2, 0.25) is 5.72 Å². The highest BCUT2D eigenvalue weighted by molar-refractivity contribution is 6.31. The summed E-state index contributed by atoms with van der Waals surface area (Å²) in [4.78, 5) is 12.7. The van der Waals surface area contributed by atoms with E-state index in [9.17, 15) is 18.7 Å². The molecule has 0 unspecified atom stereocenters. The number of hydrazone groups is 1. The average molecular weight is 349 g/mol. The fourth-order valence-corrected chi connectivity index (χ4v) is 2.82. The van der Waals surface area contributed by atoms with Crippen molar-refractivity contribution in [2.75, 3.05) is 0 Å². The molecule has 0 radical (unpaired) electrons. The van der Waals surface area contributed by atoms with Gasteiger partial charge in [-0.25, -0.2) is 8.78 Å². The number of carbonyl (C=O) groups is 1. The van der Waals surface area contributed by atoms with Crippen LogP contribution < -0.4 is 0 Å². The van der Waals surface area contributed by atoms with Gasteiger partial charge in [0, 0.05) is 12.1 Å². The summed E-state index contributed by atoms with van der Waals surface area (Å²) in [5.74, 6) is -0.741. The second kappa shape index (κ2) is 6.16. The summed E-state index contributed by atoms with van der Waals surface area (Å²) in [6, 6.07) is -0.874. The molecule has 0 aromatic carbocycles. The predicted octanol–water partition coefficient (Wildman–Crippen LogP) is 2.67. The summed E-state index contributed by atoms with van der Waals surface area (Å²) in [6.07, 6.45) is -3.22. The van der Waals surface area contributed by atoms with Gasteiger partial charge in [-0.15, -0.1) is 0 Å². The van der Waals surface area contributed by atoms with E-state index in [1.54, 1.807) is 20.8 Å². The van der Waals surface area contributed by atoms with Gasteiger partial charge in [-0.05, 0) is 27.2 Å². The van der Waals surface area contributed by atoms with Crippen LogP contribution >= 0.6 is 11.6 Å².